The van der Waals surface area contributed by atoms with E-state index in [1.165, 1.54) is 18.2 Å². The SMILES string of the molecule is CS(=O)(=O)Cc1ccc2c(c1)C(=O)N(CC(=O)O)C2=O. The zero-order valence-electron chi connectivity index (χ0n) is 10.5. The van der Waals surface area contributed by atoms with E-state index in [1.54, 1.807) is 0 Å². The normalized spacial score (nSPS) is 14.6. The smallest absolute Gasteiger partial charge is 0.323 e. The van der Waals surface area contributed by atoms with Crippen LogP contribution in [0.25, 0.3) is 0 Å². The second-order valence-corrected chi connectivity index (χ2v) is 6.68. The van der Waals surface area contributed by atoms with Crippen molar-refractivity contribution >= 4 is 27.6 Å². The highest BCUT2D eigenvalue weighted by atomic mass is 32.2. The van der Waals surface area contributed by atoms with Crippen molar-refractivity contribution < 1.29 is 27.9 Å². The third kappa shape index (κ3) is 2.69. The first kappa shape index (κ1) is 14.2. The molecule has 2 amide bonds. The Bertz CT molecular complexity index is 721. The minimum absolute atomic E-state index is 0.0393. The van der Waals surface area contributed by atoms with Gasteiger partial charge in [-0.05, 0) is 17.7 Å². The van der Waals surface area contributed by atoms with Gasteiger partial charge in [0, 0.05) is 6.26 Å². The number of rotatable bonds is 4. The van der Waals surface area contributed by atoms with Gasteiger partial charge < -0.3 is 5.11 Å². The van der Waals surface area contributed by atoms with E-state index in [1.807, 2.05) is 0 Å². The summed E-state index contributed by atoms with van der Waals surface area (Å²) in [6.45, 7) is -0.715. The summed E-state index contributed by atoms with van der Waals surface area (Å²) in [7, 11) is -3.26. The van der Waals surface area contributed by atoms with Crippen LogP contribution in [0.5, 0.6) is 0 Å². The molecule has 20 heavy (non-hydrogen) atoms. The van der Waals surface area contributed by atoms with Crippen LogP contribution >= 0.6 is 0 Å². The fourth-order valence-electron chi connectivity index (χ4n) is 2.01. The van der Waals surface area contributed by atoms with E-state index in [4.69, 9.17) is 5.11 Å². The summed E-state index contributed by atoms with van der Waals surface area (Å²) in [6.07, 6.45) is 1.06. The maximum Gasteiger partial charge on any atom is 0.323 e. The number of nitrogens with zero attached hydrogens (tertiary/aromatic N) is 1. The lowest BCUT2D eigenvalue weighted by molar-refractivity contribution is -0.137. The molecule has 1 N–H and O–H groups in total. The van der Waals surface area contributed by atoms with Gasteiger partial charge in [-0.2, -0.15) is 0 Å². The molecule has 7 nitrogen and oxygen atoms in total. The van der Waals surface area contributed by atoms with Crippen LogP contribution in [0.3, 0.4) is 0 Å². The Morgan fingerprint density at radius 1 is 1.20 bits per heavy atom. The summed E-state index contributed by atoms with van der Waals surface area (Å²) in [5, 5.41) is 8.67. The van der Waals surface area contributed by atoms with E-state index < -0.39 is 34.2 Å². The lowest BCUT2D eigenvalue weighted by Gasteiger charge is -2.09. The molecule has 0 saturated carbocycles. The monoisotopic (exact) mass is 297 g/mol. The van der Waals surface area contributed by atoms with Gasteiger partial charge in [-0.3, -0.25) is 19.3 Å². The van der Waals surface area contributed by atoms with Crippen LogP contribution in [0, 0.1) is 0 Å². The molecular weight excluding hydrogens is 286 g/mol. The summed E-state index contributed by atoms with van der Waals surface area (Å²) in [6, 6.07) is 4.10. The molecule has 0 aromatic heterocycles. The number of fused-ring (bicyclic) bond motifs is 1. The van der Waals surface area contributed by atoms with E-state index in [-0.39, 0.29) is 16.9 Å². The number of carboxylic acid groups (broad SMARTS) is 1. The fraction of sp³-hybridized carbons (Fsp3) is 0.250. The Morgan fingerprint density at radius 3 is 2.35 bits per heavy atom. The Morgan fingerprint density at radius 2 is 1.80 bits per heavy atom. The average molecular weight is 297 g/mol. The van der Waals surface area contributed by atoms with Crippen molar-refractivity contribution in [2.75, 3.05) is 12.8 Å². The fourth-order valence-corrected chi connectivity index (χ4v) is 2.79. The minimum Gasteiger partial charge on any atom is -0.480 e. The number of amides is 2. The van der Waals surface area contributed by atoms with Crippen molar-refractivity contribution in [2.45, 2.75) is 5.75 Å². The standard InChI is InChI=1S/C12H11NO6S/c1-20(18,19)6-7-2-3-8-9(4-7)12(17)13(11(8)16)5-10(14)15/h2-4H,5-6H2,1H3,(H,14,15). The van der Waals surface area contributed by atoms with E-state index >= 15 is 0 Å². The van der Waals surface area contributed by atoms with Gasteiger partial charge in [-0.15, -0.1) is 0 Å². The van der Waals surface area contributed by atoms with E-state index in [9.17, 15) is 22.8 Å². The number of hydrogen-bond acceptors (Lipinski definition) is 5. The predicted molar refractivity (Wildman–Crippen MR) is 68.0 cm³/mol. The molecule has 0 unspecified atom stereocenters. The summed E-state index contributed by atoms with van der Waals surface area (Å²) in [4.78, 5) is 35.1. The van der Waals surface area contributed by atoms with Gasteiger partial charge in [-0.1, -0.05) is 6.07 Å². The van der Waals surface area contributed by atoms with Crippen molar-refractivity contribution in [3.05, 3.63) is 34.9 Å². The van der Waals surface area contributed by atoms with Gasteiger partial charge in [0.2, 0.25) is 0 Å². The molecule has 8 heteroatoms. The van der Waals surface area contributed by atoms with Crippen LogP contribution in [-0.4, -0.2) is 49.0 Å². The van der Waals surface area contributed by atoms with Gasteiger partial charge >= 0.3 is 5.97 Å². The minimum atomic E-state index is -3.26. The lowest BCUT2D eigenvalue weighted by Crippen LogP contribution is -2.34. The van der Waals surface area contributed by atoms with E-state index in [0.29, 0.717) is 10.5 Å². The Labute approximate surface area is 114 Å². The molecule has 0 aliphatic carbocycles. The number of benzene rings is 1. The molecule has 0 bridgehead atoms. The van der Waals surface area contributed by atoms with E-state index in [0.717, 1.165) is 6.26 Å². The lowest BCUT2D eigenvalue weighted by atomic mass is 10.1. The molecule has 1 aliphatic rings. The predicted octanol–water partition coefficient (Wildman–Crippen LogP) is -0.0882. The molecule has 106 valence electrons. The summed E-state index contributed by atoms with van der Waals surface area (Å²) < 4.78 is 22.4. The molecular formula is C12H11NO6S. The van der Waals surface area contributed by atoms with Crippen molar-refractivity contribution in [3.63, 3.8) is 0 Å². The Hall–Kier alpha value is -2.22. The number of carbonyl (C=O) groups excluding carboxylic acids is 2. The summed E-state index contributed by atoms with van der Waals surface area (Å²) in [5.41, 5.74) is 0.510. The van der Waals surface area contributed by atoms with Crippen LogP contribution in [0.1, 0.15) is 26.3 Å². The molecule has 0 fully saturated rings. The number of carbonyl (C=O) groups is 3. The first-order valence-corrected chi connectivity index (χ1v) is 7.64. The highest BCUT2D eigenvalue weighted by Gasteiger charge is 2.36. The van der Waals surface area contributed by atoms with Crippen molar-refractivity contribution in [1.29, 1.82) is 0 Å². The molecule has 2 rings (SSSR count). The van der Waals surface area contributed by atoms with Gasteiger partial charge in [0.15, 0.2) is 9.84 Å². The van der Waals surface area contributed by atoms with E-state index in [2.05, 4.69) is 0 Å². The molecule has 0 saturated heterocycles. The largest absolute Gasteiger partial charge is 0.480 e. The molecule has 1 aliphatic heterocycles. The third-order valence-electron chi connectivity index (χ3n) is 2.76. The summed E-state index contributed by atoms with van der Waals surface area (Å²) >= 11 is 0. The third-order valence-corrected chi connectivity index (χ3v) is 3.62. The first-order chi connectivity index (χ1) is 9.19. The first-order valence-electron chi connectivity index (χ1n) is 5.57. The highest BCUT2D eigenvalue weighted by molar-refractivity contribution is 7.89. The average Bonchev–Trinajstić information content (AvgIpc) is 2.52. The van der Waals surface area contributed by atoms with Crippen LogP contribution < -0.4 is 0 Å². The topological polar surface area (TPSA) is 109 Å². The zero-order valence-corrected chi connectivity index (χ0v) is 11.3. The number of aliphatic carboxylic acids is 1. The number of sulfone groups is 1. The Kier molecular flexibility index (Phi) is 3.34. The van der Waals surface area contributed by atoms with Crippen LogP contribution in [0.4, 0.5) is 0 Å². The summed E-state index contributed by atoms with van der Waals surface area (Å²) in [5.74, 6) is -2.95. The number of carboxylic acids is 1. The maximum absolute atomic E-state index is 12.0. The van der Waals surface area contributed by atoms with Crippen LogP contribution in [0.15, 0.2) is 18.2 Å². The maximum atomic E-state index is 12.0. The zero-order chi connectivity index (χ0) is 15.1. The Balaban J connectivity index is 2.39. The molecule has 1 aromatic carbocycles. The highest BCUT2D eigenvalue weighted by Crippen LogP contribution is 2.24. The van der Waals surface area contributed by atoms with Gasteiger partial charge in [0.05, 0.1) is 16.9 Å². The second kappa shape index (κ2) is 4.71. The van der Waals surface area contributed by atoms with Crippen molar-refractivity contribution in [3.8, 4) is 0 Å². The molecule has 1 heterocycles. The molecule has 0 atom stereocenters. The van der Waals surface area contributed by atoms with Crippen molar-refractivity contribution in [2.24, 2.45) is 0 Å². The quantitative estimate of drug-likeness (QED) is 0.778. The van der Waals surface area contributed by atoms with Gasteiger partial charge in [0.1, 0.15) is 6.54 Å². The second-order valence-electron chi connectivity index (χ2n) is 4.54. The molecule has 0 spiro atoms. The van der Waals surface area contributed by atoms with Gasteiger partial charge in [0.25, 0.3) is 11.8 Å². The van der Waals surface area contributed by atoms with Crippen LogP contribution in [-0.2, 0) is 20.4 Å². The number of hydrogen-bond donors (Lipinski definition) is 1. The van der Waals surface area contributed by atoms with Gasteiger partial charge in [-0.25, -0.2) is 8.42 Å². The molecule has 1 aromatic rings. The van der Waals surface area contributed by atoms with Crippen LogP contribution in [0.2, 0.25) is 0 Å². The number of imide groups is 1. The van der Waals surface area contributed by atoms with Crippen molar-refractivity contribution in [1.82, 2.24) is 4.90 Å². The molecule has 0 radical (unpaired) electrons.